The maximum absolute atomic E-state index is 13.5. The van der Waals surface area contributed by atoms with Crippen molar-refractivity contribution in [3.05, 3.63) is 60.2 Å². The molecule has 0 unspecified atom stereocenters. The van der Waals surface area contributed by atoms with Crippen molar-refractivity contribution >= 4 is 27.3 Å². The van der Waals surface area contributed by atoms with Gasteiger partial charge < -0.3 is 0 Å². The molecule has 0 saturated carbocycles. The Hall–Kier alpha value is -2.50. The van der Waals surface area contributed by atoms with Crippen molar-refractivity contribution in [1.82, 2.24) is 0 Å². The van der Waals surface area contributed by atoms with E-state index in [2.05, 4.69) is 0 Å². The van der Waals surface area contributed by atoms with Crippen LogP contribution in [0.25, 0.3) is 21.5 Å². The van der Waals surface area contributed by atoms with Gasteiger partial charge in [-0.1, -0.05) is 48.5 Å². The Morgan fingerprint density at radius 3 is 1.87 bits per heavy atom. The third-order valence-electron chi connectivity index (χ3n) is 3.65. The highest BCUT2D eigenvalue weighted by Gasteiger charge is 2.63. The standard InChI is InChI=1S/C17H9F5O/c18-16(19,17(20,21)22)15(23)14-9-10-5-1-2-6-11(10)12-7-3-4-8-13(12)14/h1-9H. The topological polar surface area (TPSA) is 17.1 Å². The number of carbonyl (C=O) groups excluding carboxylic acids is 1. The number of carbonyl (C=O) groups is 1. The molecule has 0 aromatic heterocycles. The zero-order valence-electron chi connectivity index (χ0n) is 11.5. The zero-order valence-corrected chi connectivity index (χ0v) is 11.5. The van der Waals surface area contributed by atoms with Crippen LogP contribution in [0.4, 0.5) is 22.0 Å². The van der Waals surface area contributed by atoms with Crippen molar-refractivity contribution in [3.63, 3.8) is 0 Å². The molecule has 3 aromatic rings. The first kappa shape index (κ1) is 15.4. The lowest BCUT2D eigenvalue weighted by Crippen LogP contribution is -2.44. The molecule has 0 aliphatic carbocycles. The van der Waals surface area contributed by atoms with Gasteiger partial charge in [-0.3, -0.25) is 4.79 Å². The molecule has 0 spiro atoms. The summed E-state index contributed by atoms with van der Waals surface area (Å²) in [6.07, 6.45) is -5.93. The van der Waals surface area contributed by atoms with Gasteiger partial charge in [-0.05, 0) is 27.6 Å². The van der Waals surface area contributed by atoms with Gasteiger partial charge in [0.25, 0.3) is 0 Å². The van der Waals surface area contributed by atoms with Crippen LogP contribution in [0.1, 0.15) is 10.4 Å². The molecule has 0 radical (unpaired) electrons. The zero-order chi connectivity index (χ0) is 16.8. The largest absolute Gasteiger partial charge is 0.461 e. The molecule has 0 aliphatic heterocycles. The Morgan fingerprint density at radius 1 is 0.739 bits per heavy atom. The first-order valence-electron chi connectivity index (χ1n) is 6.63. The molecule has 0 aliphatic rings. The monoisotopic (exact) mass is 324 g/mol. The van der Waals surface area contributed by atoms with Gasteiger partial charge in [0.2, 0.25) is 5.78 Å². The molecule has 3 rings (SSSR count). The molecular formula is C17H9F5O. The fraction of sp³-hybridized carbons (Fsp3) is 0.118. The molecule has 23 heavy (non-hydrogen) atoms. The molecule has 1 nitrogen and oxygen atoms in total. The van der Waals surface area contributed by atoms with E-state index >= 15 is 0 Å². The lowest BCUT2D eigenvalue weighted by molar-refractivity contribution is -0.255. The fourth-order valence-electron chi connectivity index (χ4n) is 2.54. The molecule has 6 heteroatoms. The number of alkyl halides is 5. The number of rotatable bonds is 2. The highest BCUT2D eigenvalue weighted by Crippen LogP contribution is 2.40. The minimum absolute atomic E-state index is 0.0696. The van der Waals surface area contributed by atoms with Gasteiger partial charge in [0.1, 0.15) is 0 Å². The van der Waals surface area contributed by atoms with Crippen LogP contribution in [0.3, 0.4) is 0 Å². The van der Waals surface area contributed by atoms with E-state index in [1.54, 1.807) is 36.4 Å². The van der Waals surface area contributed by atoms with Gasteiger partial charge in [-0.25, -0.2) is 0 Å². The van der Waals surface area contributed by atoms with Crippen molar-refractivity contribution in [2.75, 3.05) is 0 Å². The summed E-state index contributed by atoms with van der Waals surface area (Å²) in [6, 6.07) is 13.8. The summed E-state index contributed by atoms with van der Waals surface area (Å²) in [5.74, 6) is -7.68. The van der Waals surface area contributed by atoms with E-state index < -0.39 is 23.4 Å². The molecule has 118 valence electrons. The van der Waals surface area contributed by atoms with E-state index in [9.17, 15) is 26.7 Å². The minimum atomic E-state index is -5.93. The van der Waals surface area contributed by atoms with E-state index in [-0.39, 0.29) is 5.39 Å². The van der Waals surface area contributed by atoms with E-state index in [1.165, 1.54) is 12.1 Å². The summed E-state index contributed by atoms with van der Waals surface area (Å²) < 4.78 is 64.5. The van der Waals surface area contributed by atoms with Gasteiger partial charge in [-0.15, -0.1) is 0 Å². The van der Waals surface area contributed by atoms with Gasteiger partial charge in [-0.2, -0.15) is 22.0 Å². The third-order valence-corrected chi connectivity index (χ3v) is 3.65. The molecular weight excluding hydrogens is 315 g/mol. The Labute approximate surface area is 127 Å². The maximum Gasteiger partial charge on any atom is 0.461 e. The number of benzene rings is 3. The second-order valence-electron chi connectivity index (χ2n) is 5.09. The molecule has 0 heterocycles. The number of Topliss-reactive ketones (excluding diaryl/α,β-unsaturated/α-hetero) is 1. The van der Waals surface area contributed by atoms with E-state index in [0.717, 1.165) is 6.07 Å². The SMILES string of the molecule is O=C(c1cc2ccccc2c2ccccc12)C(F)(F)C(F)(F)F. The first-order valence-corrected chi connectivity index (χ1v) is 6.63. The van der Waals surface area contributed by atoms with E-state index in [0.29, 0.717) is 16.2 Å². The summed E-state index contributed by atoms with van der Waals surface area (Å²) in [5, 5.41) is 1.62. The summed E-state index contributed by atoms with van der Waals surface area (Å²) in [5.41, 5.74) is -0.637. The third kappa shape index (κ3) is 2.34. The second kappa shape index (κ2) is 5.01. The first-order chi connectivity index (χ1) is 10.7. The predicted octanol–water partition coefficient (Wildman–Crippen LogP) is 5.37. The van der Waals surface area contributed by atoms with Gasteiger partial charge in [0, 0.05) is 5.56 Å². The average Bonchev–Trinajstić information content (AvgIpc) is 2.52. The van der Waals surface area contributed by atoms with Crippen LogP contribution in [0.5, 0.6) is 0 Å². The van der Waals surface area contributed by atoms with Crippen molar-refractivity contribution in [2.45, 2.75) is 12.1 Å². The van der Waals surface area contributed by atoms with Crippen LogP contribution in [0.15, 0.2) is 54.6 Å². The maximum atomic E-state index is 13.5. The average molecular weight is 324 g/mol. The Balaban J connectivity index is 2.35. The number of hydrogen-bond acceptors (Lipinski definition) is 1. The highest BCUT2D eigenvalue weighted by molar-refractivity contribution is 6.19. The van der Waals surface area contributed by atoms with Crippen molar-refractivity contribution in [3.8, 4) is 0 Å². The quantitative estimate of drug-likeness (QED) is 0.352. The lowest BCUT2D eigenvalue weighted by Gasteiger charge is -2.19. The van der Waals surface area contributed by atoms with Crippen molar-refractivity contribution < 1.29 is 26.7 Å². The molecule has 0 amide bonds. The molecule has 3 aromatic carbocycles. The highest BCUT2D eigenvalue weighted by atomic mass is 19.4. The van der Waals surface area contributed by atoms with Crippen LogP contribution in [-0.2, 0) is 0 Å². The summed E-state index contributed by atoms with van der Waals surface area (Å²) in [6.45, 7) is 0. The summed E-state index contributed by atoms with van der Waals surface area (Å²) >= 11 is 0. The normalized spacial score (nSPS) is 12.7. The Kier molecular flexibility index (Phi) is 3.35. The summed E-state index contributed by atoms with van der Waals surface area (Å²) in [7, 11) is 0. The van der Waals surface area contributed by atoms with Crippen LogP contribution in [0, 0.1) is 0 Å². The molecule has 0 saturated heterocycles. The number of ketones is 1. The van der Waals surface area contributed by atoms with E-state index in [1.807, 2.05) is 0 Å². The van der Waals surface area contributed by atoms with Gasteiger partial charge in [0.15, 0.2) is 0 Å². The minimum Gasteiger partial charge on any atom is -0.287 e. The number of halogens is 5. The van der Waals surface area contributed by atoms with Gasteiger partial charge in [0.05, 0.1) is 0 Å². The lowest BCUT2D eigenvalue weighted by atomic mass is 9.93. The smallest absolute Gasteiger partial charge is 0.287 e. The number of hydrogen-bond donors (Lipinski definition) is 0. The van der Waals surface area contributed by atoms with Gasteiger partial charge >= 0.3 is 12.1 Å². The van der Waals surface area contributed by atoms with Crippen molar-refractivity contribution in [1.29, 1.82) is 0 Å². The van der Waals surface area contributed by atoms with Crippen LogP contribution in [-0.4, -0.2) is 17.9 Å². The second-order valence-corrected chi connectivity index (χ2v) is 5.09. The predicted molar refractivity (Wildman–Crippen MR) is 76.8 cm³/mol. The molecule has 0 bridgehead atoms. The van der Waals surface area contributed by atoms with Crippen molar-refractivity contribution in [2.24, 2.45) is 0 Å². The number of fused-ring (bicyclic) bond motifs is 3. The van der Waals surface area contributed by atoms with Crippen LogP contribution < -0.4 is 0 Å². The Morgan fingerprint density at radius 2 is 1.26 bits per heavy atom. The van der Waals surface area contributed by atoms with E-state index in [4.69, 9.17) is 0 Å². The van der Waals surface area contributed by atoms with Crippen LogP contribution in [0.2, 0.25) is 0 Å². The fourth-order valence-corrected chi connectivity index (χ4v) is 2.54. The molecule has 0 N–H and O–H groups in total. The summed E-state index contributed by atoms with van der Waals surface area (Å²) in [4.78, 5) is 11.9. The molecule has 0 fully saturated rings. The Bertz CT molecular complexity index is 912. The van der Waals surface area contributed by atoms with Crippen LogP contribution >= 0.6 is 0 Å². The molecule has 0 atom stereocenters.